The highest BCUT2D eigenvalue weighted by molar-refractivity contribution is 6.38. The maximum absolute atomic E-state index is 12.6. The van der Waals surface area contributed by atoms with Crippen LogP contribution in [0.2, 0.25) is 15.1 Å². The van der Waals surface area contributed by atoms with Gasteiger partial charge in [-0.1, -0.05) is 34.8 Å². The lowest BCUT2D eigenvalue weighted by molar-refractivity contribution is 0.103. The van der Waals surface area contributed by atoms with E-state index in [1.807, 2.05) is 0 Å². The molecule has 0 radical (unpaired) electrons. The van der Waals surface area contributed by atoms with Gasteiger partial charge in [0.25, 0.3) is 0 Å². The molecule has 2 rings (SSSR count). The topological polar surface area (TPSA) is 35.5 Å². The molecule has 0 amide bonds. The smallest absolute Gasteiger partial charge is 0.198 e. The minimum atomic E-state index is -0.307. The van der Waals surface area contributed by atoms with Gasteiger partial charge in [-0.3, -0.25) is 4.79 Å². The van der Waals surface area contributed by atoms with Gasteiger partial charge in [0.05, 0.1) is 29.8 Å². The highest BCUT2D eigenvalue weighted by Crippen LogP contribution is 2.34. The average molecular weight is 346 g/mol. The molecule has 0 bridgehead atoms. The van der Waals surface area contributed by atoms with Crippen molar-refractivity contribution < 1.29 is 14.3 Å². The number of halogens is 3. The van der Waals surface area contributed by atoms with Crippen LogP contribution in [-0.2, 0) is 0 Å². The molecular formula is C15H11Cl3O3. The van der Waals surface area contributed by atoms with Gasteiger partial charge in [0.1, 0.15) is 11.5 Å². The summed E-state index contributed by atoms with van der Waals surface area (Å²) in [6.45, 7) is 0. The number of hydrogen-bond acceptors (Lipinski definition) is 3. The van der Waals surface area contributed by atoms with Gasteiger partial charge in [0.15, 0.2) is 5.78 Å². The van der Waals surface area contributed by atoms with Crippen LogP contribution in [0, 0.1) is 0 Å². The molecule has 0 spiro atoms. The van der Waals surface area contributed by atoms with Crippen molar-refractivity contribution in [2.24, 2.45) is 0 Å². The molecule has 0 unspecified atom stereocenters. The number of ketones is 1. The first kappa shape index (κ1) is 16.0. The van der Waals surface area contributed by atoms with Crippen molar-refractivity contribution in [1.82, 2.24) is 0 Å². The number of hydrogen-bond donors (Lipinski definition) is 0. The molecule has 0 atom stereocenters. The normalized spacial score (nSPS) is 10.3. The van der Waals surface area contributed by atoms with Crippen molar-refractivity contribution in [2.45, 2.75) is 0 Å². The Labute approximate surface area is 137 Å². The lowest BCUT2D eigenvalue weighted by Crippen LogP contribution is -2.05. The van der Waals surface area contributed by atoms with Crippen molar-refractivity contribution in [1.29, 1.82) is 0 Å². The highest BCUT2D eigenvalue weighted by Gasteiger charge is 2.19. The Morgan fingerprint density at radius 2 is 1.52 bits per heavy atom. The van der Waals surface area contributed by atoms with Crippen molar-refractivity contribution in [3.8, 4) is 11.5 Å². The predicted octanol–water partition coefficient (Wildman–Crippen LogP) is 4.90. The molecule has 0 saturated carbocycles. The molecule has 0 aliphatic heterocycles. The van der Waals surface area contributed by atoms with Crippen molar-refractivity contribution in [3.63, 3.8) is 0 Å². The summed E-state index contributed by atoms with van der Waals surface area (Å²) in [5.41, 5.74) is 0.619. The first-order chi connectivity index (χ1) is 9.97. The van der Waals surface area contributed by atoms with E-state index in [1.165, 1.54) is 26.4 Å². The molecule has 0 heterocycles. The minimum Gasteiger partial charge on any atom is -0.496 e. The summed E-state index contributed by atoms with van der Waals surface area (Å²) in [5.74, 6) is 0.467. The summed E-state index contributed by atoms with van der Waals surface area (Å²) < 4.78 is 10.2. The Balaban J connectivity index is 2.52. The third-order valence-corrected chi connectivity index (χ3v) is 3.74. The van der Waals surface area contributed by atoms with Gasteiger partial charge in [-0.2, -0.15) is 0 Å². The van der Waals surface area contributed by atoms with Crippen LogP contribution in [0.4, 0.5) is 0 Å². The molecule has 0 aromatic heterocycles. The largest absolute Gasteiger partial charge is 0.496 e. The minimum absolute atomic E-state index is 0.248. The third-order valence-electron chi connectivity index (χ3n) is 2.89. The summed E-state index contributed by atoms with van der Waals surface area (Å²) in [6.07, 6.45) is 0. The van der Waals surface area contributed by atoms with Crippen LogP contribution in [0.25, 0.3) is 0 Å². The standard InChI is InChI=1S/C15H11Cl3O3/c1-20-13-5-8(16)3-4-9(13)15(19)10-6-12(18)14(21-2)7-11(10)17/h3-7H,1-2H3. The van der Waals surface area contributed by atoms with Crippen LogP contribution >= 0.6 is 34.8 Å². The maximum Gasteiger partial charge on any atom is 0.198 e. The first-order valence-corrected chi connectivity index (χ1v) is 7.02. The zero-order valence-electron chi connectivity index (χ0n) is 11.2. The predicted molar refractivity (Wildman–Crippen MR) is 84.5 cm³/mol. The monoisotopic (exact) mass is 344 g/mol. The second kappa shape index (κ2) is 6.56. The number of ether oxygens (including phenoxy) is 2. The average Bonchev–Trinajstić information content (AvgIpc) is 2.48. The van der Waals surface area contributed by atoms with E-state index in [-0.39, 0.29) is 16.4 Å². The van der Waals surface area contributed by atoms with Crippen LogP contribution in [0.15, 0.2) is 30.3 Å². The van der Waals surface area contributed by atoms with Gasteiger partial charge >= 0.3 is 0 Å². The second-order valence-corrected chi connectivity index (χ2v) is 5.39. The lowest BCUT2D eigenvalue weighted by Gasteiger charge is -2.11. The third kappa shape index (κ3) is 3.26. The Kier molecular flexibility index (Phi) is 4.99. The van der Waals surface area contributed by atoms with E-state index in [0.717, 1.165) is 0 Å². The molecule has 0 N–H and O–H groups in total. The molecule has 110 valence electrons. The molecular weight excluding hydrogens is 335 g/mol. The van der Waals surface area contributed by atoms with Gasteiger partial charge in [-0.15, -0.1) is 0 Å². The lowest BCUT2D eigenvalue weighted by atomic mass is 10.0. The van der Waals surface area contributed by atoms with Crippen molar-refractivity contribution in [2.75, 3.05) is 14.2 Å². The Bertz CT molecular complexity index is 699. The van der Waals surface area contributed by atoms with E-state index in [9.17, 15) is 4.79 Å². The number of rotatable bonds is 4. The molecule has 21 heavy (non-hydrogen) atoms. The Hall–Kier alpha value is -1.42. The molecule has 3 nitrogen and oxygen atoms in total. The molecule has 0 aliphatic carbocycles. The van der Waals surface area contributed by atoms with E-state index >= 15 is 0 Å². The number of benzene rings is 2. The Morgan fingerprint density at radius 1 is 0.857 bits per heavy atom. The number of methoxy groups -OCH3 is 2. The van der Waals surface area contributed by atoms with Gasteiger partial charge in [-0.05, 0) is 24.3 Å². The van der Waals surface area contributed by atoms with E-state index in [0.29, 0.717) is 27.1 Å². The second-order valence-electron chi connectivity index (χ2n) is 4.14. The molecule has 0 fully saturated rings. The van der Waals surface area contributed by atoms with Gasteiger partial charge in [0.2, 0.25) is 0 Å². The highest BCUT2D eigenvalue weighted by atomic mass is 35.5. The van der Waals surface area contributed by atoms with E-state index in [4.69, 9.17) is 44.3 Å². The molecule has 0 saturated heterocycles. The van der Waals surface area contributed by atoms with Gasteiger partial charge in [0, 0.05) is 16.7 Å². The SMILES string of the molecule is COc1cc(Cl)c(C(=O)c2ccc(Cl)cc2OC)cc1Cl. The summed E-state index contributed by atoms with van der Waals surface area (Å²) in [7, 11) is 2.94. The molecule has 0 aliphatic rings. The van der Waals surface area contributed by atoms with Crippen LogP contribution < -0.4 is 9.47 Å². The van der Waals surface area contributed by atoms with Crippen LogP contribution in [0.5, 0.6) is 11.5 Å². The van der Waals surface area contributed by atoms with Crippen LogP contribution in [0.3, 0.4) is 0 Å². The van der Waals surface area contributed by atoms with Crippen molar-refractivity contribution >= 4 is 40.6 Å². The van der Waals surface area contributed by atoms with E-state index < -0.39 is 0 Å². The fraction of sp³-hybridized carbons (Fsp3) is 0.133. The summed E-state index contributed by atoms with van der Waals surface area (Å²) >= 11 is 18.1. The molecule has 2 aromatic carbocycles. The van der Waals surface area contributed by atoms with Gasteiger partial charge in [-0.25, -0.2) is 0 Å². The Morgan fingerprint density at radius 3 is 2.14 bits per heavy atom. The summed E-state index contributed by atoms with van der Waals surface area (Å²) in [5, 5.41) is 1.03. The maximum atomic E-state index is 12.6. The van der Waals surface area contributed by atoms with E-state index in [1.54, 1.807) is 18.2 Å². The summed E-state index contributed by atoms with van der Waals surface area (Å²) in [6, 6.07) is 7.72. The fourth-order valence-corrected chi connectivity index (χ4v) is 2.50. The zero-order valence-corrected chi connectivity index (χ0v) is 13.5. The quantitative estimate of drug-likeness (QED) is 0.740. The molecule has 2 aromatic rings. The van der Waals surface area contributed by atoms with Crippen LogP contribution in [0.1, 0.15) is 15.9 Å². The number of carbonyl (C=O) groups is 1. The molecule has 6 heteroatoms. The van der Waals surface area contributed by atoms with Gasteiger partial charge < -0.3 is 9.47 Å². The summed E-state index contributed by atoms with van der Waals surface area (Å²) in [4.78, 5) is 12.6. The fourth-order valence-electron chi connectivity index (χ4n) is 1.86. The van der Waals surface area contributed by atoms with E-state index in [2.05, 4.69) is 0 Å². The van der Waals surface area contributed by atoms with Crippen molar-refractivity contribution in [3.05, 3.63) is 56.5 Å². The van der Waals surface area contributed by atoms with Crippen LogP contribution in [-0.4, -0.2) is 20.0 Å². The first-order valence-electron chi connectivity index (χ1n) is 5.89. The number of carbonyl (C=O) groups excluding carboxylic acids is 1. The zero-order chi connectivity index (χ0) is 15.6.